The summed E-state index contributed by atoms with van der Waals surface area (Å²) in [6.45, 7) is 9.19. The number of rotatable bonds is 6. The molecule has 1 aromatic carbocycles. The van der Waals surface area contributed by atoms with Gasteiger partial charge in [0.05, 0.1) is 0 Å². The fraction of sp³-hybridized carbons (Fsp3) is 0.647. The molecule has 0 fully saturated rings. The van der Waals surface area contributed by atoms with E-state index in [1.165, 1.54) is 44.3 Å². The highest BCUT2D eigenvalue weighted by Gasteiger charge is 2.13. The van der Waals surface area contributed by atoms with Crippen LogP contribution in [0, 0.1) is 0 Å². The highest BCUT2D eigenvalue weighted by atomic mass is 15.1. The molecule has 1 aromatic rings. The van der Waals surface area contributed by atoms with E-state index in [2.05, 4.69) is 48.3 Å². The van der Waals surface area contributed by atoms with Crippen molar-refractivity contribution >= 4 is 0 Å². The van der Waals surface area contributed by atoms with Crippen molar-refractivity contribution in [3.8, 4) is 0 Å². The maximum atomic E-state index is 3.63. The van der Waals surface area contributed by atoms with E-state index in [1.54, 1.807) is 5.56 Å². The van der Waals surface area contributed by atoms with Crippen LogP contribution < -0.4 is 5.32 Å². The van der Waals surface area contributed by atoms with Crippen LogP contribution in [0.3, 0.4) is 0 Å². The van der Waals surface area contributed by atoms with Crippen molar-refractivity contribution in [3.05, 3.63) is 35.4 Å². The van der Waals surface area contributed by atoms with Gasteiger partial charge in [-0.1, -0.05) is 37.6 Å². The number of fused-ring (bicyclic) bond motifs is 1. The Kier molecular flexibility index (Phi) is 5.87. The molecule has 0 aliphatic carbocycles. The van der Waals surface area contributed by atoms with Gasteiger partial charge in [-0.25, -0.2) is 0 Å². The van der Waals surface area contributed by atoms with E-state index in [0.717, 1.165) is 13.1 Å². The van der Waals surface area contributed by atoms with E-state index >= 15 is 0 Å². The van der Waals surface area contributed by atoms with E-state index in [1.807, 2.05) is 0 Å². The number of hydrogen-bond donors (Lipinski definition) is 1. The molecule has 1 atom stereocenters. The van der Waals surface area contributed by atoms with Gasteiger partial charge in [0.15, 0.2) is 0 Å². The summed E-state index contributed by atoms with van der Waals surface area (Å²) in [5.41, 5.74) is 3.08. The second-order valence-electron chi connectivity index (χ2n) is 5.79. The summed E-state index contributed by atoms with van der Waals surface area (Å²) < 4.78 is 0. The number of nitrogens with one attached hydrogen (secondary N) is 1. The minimum atomic E-state index is 0.657. The third-order valence-electron chi connectivity index (χ3n) is 4.08. The lowest BCUT2D eigenvalue weighted by molar-refractivity contribution is 0.264. The van der Waals surface area contributed by atoms with Crippen molar-refractivity contribution in [1.29, 1.82) is 0 Å². The molecule has 2 heteroatoms. The SMILES string of the molecule is CCCC(C)NCCN1CCCc2ccccc2C1. The van der Waals surface area contributed by atoms with Crippen LogP contribution in [0.4, 0.5) is 0 Å². The van der Waals surface area contributed by atoms with E-state index in [-0.39, 0.29) is 0 Å². The largest absolute Gasteiger partial charge is 0.313 e. The molecule has 0 aromatic heterocycles. The molecule has 0 saturated carbocycles. The topological polar surface area (TPSA) is 15.3 Å². The summed E-state index contributed by atoms with van der Waals surface area (Å²) in [5, 5.41) is 3.63. The Hall–Kier alpha value is -0.860. The van der Waals surface area contributed by atoms with Crippen LogP contribution in [0.25, 0.3) is 0 Å². The third kappa shape index (κ3) is 4.63. The highest BCUT2D eigenvalue weighted by Crippen LogP contribution is 2.17. The number of aryl methyl sites for hydroxylation is 1. The highest BCUT2D eigenvalue weighted by molar-refractivity contribution is 5.27. The molecule has 2 rings (SSSR count). The lowest BCUT2D eigenvalue weighted by atomic mass is 10.0. The summed E-state index contributed by atoms with van der Waals surface area (Å²) >= 11 is 0. The monoisotopic (exact) mass is 260 g/mol. The van der Waals surface area contributed by atoms with Gasteiger partial charge < -0.3 is 5.32 Å². The van der Waals surface area contributed by atoms with Crippen LogP contribution in [0.15, 0.2) is 24.3 Å². The first-order valence-electron chi connectivity index (χ1n) is 7.82. The molecule has 1 N–H and O–H groups in total. The number of benzene rings is 1. The lowest BCUT2D eigenvalue weighted by Gasteiger charge is -2.22. The molecular weight excluding hydrogens is 232 g/mol. The molecule has 0 radical (unpaired) electrons. The summed E-state index contributed by atoms with van der Waals surface area (Å²) in [7, 11) is 0. The Bertz CT molecular complexity index is 375. The molecule has 0 spiro atoms. The second kappa shape index (κ2) is 7.66. The number of hydrogen-bond acceptors (Lipinski definition) is 2. The zero-order chi connectivity index (χ0) is 13.5. The fourth-order valence-corrected chi connectivity index (χ4v) is 2.96. The predicted molar refractivity (Wildman–Crippen MR) is 82.4 cm³/mol. The van der Waals surface area contributed by atoms with Crippen molar-refractivity contribution in [3.63, 3.8) is 0 Å². The normalized spacial score (nSPS) is 17.8. The molecule has 1 aliphatic rings. The van der Waals surface area contributed by atoms with Crippen molar-refractivity contribution < 1.29 is 0 Å². The van der Waals surface area contributed by atoms with E-state index in [4.69, 9.17) is 0 Å². The molecule has 106 valence electrons. The minimum absolute atomic E-state index is 0.657. The zero-order valence-corrected chi connectivity index (χ0v) is 12.5. The Morgan fingerprint density at radius 2 is 2.05 bits per heavy atom. The first-order chi connectivity index (χ1) is 9.29. The zero-order valence-electron chi connectivity index (χ0n) is 12.5. The van der Waals surface area contributed by atoms with Crippen LogP contribution in [-0.4, -0.2) is 30.6 Å². The van der Waals surface area contributed by atoms with Crippen molar-refractivity contribution in [2.75, 3.05) is 19.6 Å². The van der Waals surface area contributed by atoms with Gasteiger partial charge in [-0.05, 0) is 43.9 Å². The van der Waals surface area contributed by atoms with Crippen LogP contribution in [0.5, 0.6) is 0 Å². The summed E-state index contributed by atoms with van der Waals surface area (Å²) in [6, 6.07) is 9.58. The van der Waals surface area contributed by atoms with Crippen LogP contribution in [0.2, 0.25) is 0 Å². The third-order valence-corrected chi connectivity index (χ3v) is 4.08. The van der Waals surface area contributed by atoms with Gasteiger partial charge in [0, 0.05) is 25.7 Å². The molecule has 0 saturated heterocycles. The van der Waals surface area contributed by atoms with Crippen molar-refractivity contribution in [2.45, 2.75) is 52.1 Å². The Morgan fingerprint density at radius 3 is 2.84 bits per heavy atom. The standard InChI is InChI=1S/C17H28N2/c1-3-7-15(2)18-11-13-19-12-6-10-16-8-4-5-9-17(16)14-19/h4-5,8-9,15,18H,3,6-7,10-14H2,1-2H3. The molecule has 0 bridgehead atoms. The van der Waals surface area contributed by atoms with E-state index < -0.39 is 0 Å². The molecular formula is C17H28N2. The minimum Gasteiger partial charge on any atom is -0.313 e. The molecule has 1 heterocycles. The van der Waals surface area contributed by atoms with E-state index in [0.29, 0.717) is 6.04 Å². The quantitative estimate of drug-likeness (QED) is 0.845. The van der Waals surface area contributed by atoms with Crippen molar-refractivity contribution in [2.24, 2.45) is 0 Å². The Morgan fingerprint density at radius 1 is 1.26 bits per heavy atom. The van der Waals surface area contributed by atoms with Gasteiger partial charge in [-0.3, -0.25) is 4.90 Å². The smallest absolute Gasteiger partial charge is 0.0237 e. The Balaban J connectivity index is 1.79. The maximum Gasteiger partial charge on any atom is 0.0237 e. The average molecular weight is 260 g/mol. The molecule has 1 aliphatic heterocycles. The van der Waals surface area contributed by atoms with Crippen molar-refractivity contribution in [1.82, 2.24) is 10.2 Å². The van der Waals surface area contributed by atoms with Gasteiger partial charge in [-0.15, -0.1) is 0 Å². The second-order valence-corrected chi connectivity index (χ2v) is 5.79. The Labute approximate surface area is 118 Å². The predicted octanol–water partition coefficient (Wildman–Crippen LogP) is 3.21. The maximum absolute atomic E-state index is 3.63. The summed E-state index contributed by atoms with van der Waals surface area (Å²) in [6.07, 6.45) is 5.09. The lowest BCUT2D eigenvalue weighted by Crippen LogP contribution is -2.35. The first kappa shape index (κ1) is 14.5. The van der Waals surface area contributed by atoms with Gasteiger partial charge in [0.1, 0.15) is 0 Å². The first-order valence-corrected chi connectivity index (χ1v) is 7.82. The summed E-state index contributed by atoms with van der Waals surface area (Å²) in [4.78, 5) is 2.59. The van der Waals surface area contributed by atoms with Gasteiger partial charge in [0.25, 0.3) is 0 Å². The molecule has 0 amide bonds. The van der Waals surface area contributed by atoms with Gasteiger partial charge >= 0.3 is 0 Å². The molecule has 19 heavy (non-hydrogen) atoms. The average Bonchev–Trinajstić information content (AvgIpc) is 2.60. The van der Waals surface area contributed by atoms with Crippen LogP contribution >= 0.6 is 0 Å². The van der Waals surface area contributed by atoms with E-state index in [9.17, 15) is 0 Å². The summed E-state index contributed by atoms with van der Waals surface area (Å²) in [5.74, 6) is 0. The van der Waals surface area contributed by atoms with Gasteiger partial charge in [-0.2, -0.15) is 0 Å². The fourth-order valence-electron chi connectivity index (χ4n) is 2.96. The number of nitrogens with zero attached hydrogens (tertiary/aromatic N) is 1. The van der Waals surface area contributed by atoms with Crippen LogP contribution in [-0.2, 0) is 13.0 Å². The molecule has 1 unspecified atom stereocenters. The molecule has 2 nitrogen and oxygen atoms in total. The van der Waals surface area contributed by atoms with Crippen LogP contribution in [0.1, 0.15) is 44.2 Å². The van der Waals surface area contributed by atoms with Gasteiger partial charge in [0.2, 0.25) is 0 Å².